The lowest BCUT2D eigenvalue weighted by Gasteiger charge is -2.49. The smallest absolute Gasteiger partial charge is 0.243 e. The van der Waals surface area contributed by atoms with Crippen molar-refractivity contribution in [2.75, 3.05) is 18.1 Å². The van der Waals surface area contributed by atoms with Gasteiger partial charge in [-0.25, -0.2) is 0 Å². The number of aromatic nitrogens is 2. The predicted molar refractivity (Wildman–Crippen MR) is 74.8 cm³/mol. The van der Waals surface area contributed by atoms with Crippen molar-refractivity contribution in [3.05, 3.63) is 5.01 Å². The highest BCUT2D eigenvalue weighted by Crippen LogP contribution is 2.37. The van der Waals surface area contributed by atoms with Crippen LogP contribution in [0.1, 0.15) is 5.01 Å². The van der Waals surface area contributed by atoms with Gasteiger partial charge in [-0.2, -0.15) is 0 Å². The van der Waals surface area contributed by atoms with E-state index in [1.165, 1.54) is 0 Å². The molecule has 0 spiro atoms. The number of hydrogen-bond donors (Lipinski definition) is 1. The van der Waals surface area contributed by atoms with Gasteiger partial charge >= 0.3 is 0 Å². The van der Waals surface area contributed by atoms with Crippen molar-refractivity contribution in [1.82, 2.24) is 15.1 Å². The fraction of sp³-hybridized carbons (Fsp3) is 0.700. The molecule has 2 aliphatic heterocycles. The number of amides is 1. The molecule has 0 aromatic carbocycles. The average molecular weight is 302 g/mol. The quantitative estimate of drug-likeness (QED) is 0.658. The molecule has 0 bridgehead atoms. The molecule has 2 saturated heterocycles. The van der Waals surface area contributed by atoms with E-state index < -0.39 is 0 Å². The molecule has 18 heavy (non-hydrogen) atoms. The molecule has 98 valence electrons. The summed E-state index contributed by atoms with van der Waals surface area (Å²) in [5.41, 5.74) is 5.76. The second-order valence-electron chi connectivity index (χ2n) is 4.50. The van der Waals surface area contributed by atoms with E-state index in [4.69, 9.17) is 5.73 Å². The molecular weight excluding hydrogens is 288 g/mol. The van der Waals surface area contributed by atoms with Crippen LogP contribution in [0, 0.1) is 12.8 Å². The van der Waals surface area contributed by atoms with Crippen LogP contribution in [-0.4, -0.2) is 50.5 Å². The Balaban J connectivity index is 1.51. The van der Waals surface area contributed by atoms with Gasteiger partial charge < -0.3 is 10.6 Å². The highest BCUT2D eigenvalue weighted by molar-refractivity contribution is 8.01. The first-order chi connectivity index (χ1) is 8.65. The SMILES string of the molecule is Cc1nnc(SCC2CS[C@H]3C(N)C(=O)N3C2)s1. The monoisotopic (exact) mass is 302 g/mol. The van der Waals surface area contributed by atoms with E-state index in [0.29, 0.717) is 5.92 Å². The summed E-state index contributed by atoms with van der Waals surface area (Å²) in [7, 11) is 0. The lowest BCUT2D eigenvalue weighted by Crippen LogP contribution is -2.69. The maximum Gasteiger partial charge on any atom is 0.243 e. The van der Waals surface area contributed by atoms with Gasteiger partial charge in [0.2, 0.25) is 5.91 Å². The Labute approximate surface area is 118 Å². The van der Waals surface area contributed by atoms with Gasteiger partial charge in [-0.3, -0.25) is 4.79 Å². The average Bonchev–Trinajstić information content (AvgIpc) is 2.81. The summed E-state index contributed by atoms with van der Waals surface area (Å²) >= 11 is 5.17. The van der Waals surface area contributed by atoms with Crippen molar-refractivity contribution in [3.8, 4) is 0 Å². The summed E-state index contributed by atoms with van der Waals surface area (Å²) in [4.78, 5) is 13.5. The summed E-state index contributed by atoms with van der Waals surface area (Å²) in [6.45, 7) is 2.80. The van der Waals surface area contributed by atoms with Crippen LogP contribution in [0.3, 0.4) is 0 Å². The maximum atomic E-state index is 11.6. The lowest BCUT2D eigenvalue weighted by atomic mass is 10.0. The van der Waals surface area contributed by atoms with E-state index in [9.17, 15) is 4.79 Å². The number of hydrogen-bond acceptors (Lipinski definition) is 7. The predicted octanol–water partition coefficient (Wildman–Crippen LogP) is 0.797. The van der Waals surface area contributed by atoms with Gasteiger partial charge in [0.1, 0.15) is 16.4 Å². The topological polar surface area (TPSA) is 72.1 Å². The Morgan fingerprint density at radius 1 is 1.56 bits per heavy atom. The van der Waals surface area contributed by atoms with Crippen LogP contribution in [-0.2, 0) is 4.79 Å². The van der Waals surface area contributed by atoms with E-state index in [0.717, 1.165) is 27.4 Å². The van der Waals surface area contributed by atoms with Crippen LogP contribution in [0.4, 0.5) is 0 Å². The number of thioether (sulfide) groups is 2. The third-order valence-corrected chi connectivity index (χ3v) is 6.85. The van der Waals surface area contributed by atoms with Crippen molar-refractivity contribution >= 4 is 40.8 Å². The van der Waals surface area contributed by atoms with Gasteiger partial charge in [0, 0.05) is 18.1 Å². The molecule has 3 heterocycles. The van der Waals surface area contributed by atoms with Crippen molar-refractivity contribution in [3.63, 3.8) is 0 Å². The zero-order valence-corrected chi connectivity index (χ0v) is 12.4. The number of carbonyl (C=O) groups excluding carboxylic acids is 1. The number of nitrogens with two attached hydrogens (primary N) is 1. The van der Waals surface area contributed by atoms with Crippen LogP contribution in [0.25, 0.3) is 0 Å². The maximum absolute atomic E-state index is 11.6. The minimum atomic E-state index is -0.269. The highest BCUT2D eigenvalue weighted by Gasteiger charge is 2.48. The summed E-state index contributed by atoms with van der Waals surface area (Å²) in [5, 5.41) is 9.33. The van der Waals surface area contributed by atoms with Crippen molar-refractivity contribution in [2.24, 2.45) is 11.7 Å². The Kier molecular flexibility index (Phi) is 3.52. The minimum Gasteiger partial charge on any atom is -0.327 e. The van der Waals surface area contributed by atoms with Gasteiger partial charge in [-0.15, -0.1) is 22.0 Å². The second-order valence-corrected chi connectivity index (χ2v) is 8.10. The molecule has 8 heteroatoms. The number of β-lactam (4-membered cyclic amide) rings is 1. The van der Waals surface area contributed by atoms with Crippen LogP contribution in [0.2, 0.25) is 0 Å². The van der Waals surface area contributed by atoms with Gasteiger partial charge in [0.15, 0.2) is 4.34 Å². The third kappa shape index (κ3) is 2.26. The molecule has 1 aromatic heterocycles. The number of carbonyl (C=O) groups is 1. The first kappa shape index (κ1) is 12.7. The van der Waals surface area contributed by atoms with Gasteiger partial charge in [-0.05, 0) is 12.8 Å². The van der Waals surface area contributed by atoms with E-state index >= 15 is 0 Å². The molecule has 0 aliphatic carbocycles. The molecule has 1 amide bonds. The normalized spacial score (nSPS) is 31.1. The lowest BCUT2D eigenvalue weighted by molar-refractivity contribution is -0.145. The summed E-state index contributed by atoms with van der Waals surface area (Å²) < 4.78 is 1.02. The second kappa shape index (κ2) is 4.99. The summed E-state index contributed by atoms with van der Waals surface area (Å²) in [5.74, 6) is 2.70. The zero-order valence-electron chi connectivity index (χ0n) is 9.91. The first-order valence-electron chi connectivity index (χ1n) is 5.75. The van der Waals surface area contributed by atoms with Crippen LogP contribution in [0.15, 0.2) is 4.34 Å². The number of aryl methyl sites for hydroxylation is 1. The van der Waals surface area contributed by atoms with Crippen molar-refractivity contribution in [1.29, 1.82) is 0 Å². The molecule has 3 rings (SSSR count). The number of fused-ring (bicyclic) bond motifs is 1. The molecule has 1 aromatic rings. The van der Waals surface area contributed by atoms with Crippen molar-refractivity contribution < 1.29 is 4.79 Å². The van der Waals surface area contributed by atoms with Crippen LogP contribution >= 0.6 is 34.9 Å². The summed E-state index contributed by atoms with van der Waals surface area (Å²) in [6.07, 6.45) is 0. The molecule has 5 nitrogen and oxygen atoms in total. The molecule has 2 N–H and O–H groups in total. The third-order valence-electron chi connectivity index (χ3n) is 3.09. The Morgan fingerprint density at radius 3 is 3.11 bits per heavy atom. The fourth-order valence-corrected chi connectivity index (χ4v) is 5.58. The Hall–Kier alpha value is -0.310. The van der Waals surface area contributed by atoms with Crippen molar-refractivity contribution in [2.45, 2.75) is 22.7 Å². The van der Waals surface area contributed by atoms with E-state index in [-0.39, 0.29) is 17.3 Å². The Morgan fingerprint density at radius 2 is 2.39 bits per heavy atom. The van der Waals surface area contributed by atoms with E-state index in [1.807, 2.05) is 23.6 Å². The summed E-state index contributed by atoms with van der Waals surface area (Å²) in [6, 6.07) is -0.269. The largest absolute Gasteiger partial charge is 0.327 e. The molecule has 2 aliphatic rings. The number of rotatable bonds is 3. The molecular formula is C10H14N4OS3. The molecule has 0 saturated carbocycles. The van der Waals surface area contributed by atoms with Gasteiger partial charge in [0.25, 0.3) is 0 Å². The zero-order chi connectivity index (χ0) is 12.7. The van der Waals surface area contributed by atoms with Gasteiger partial charge in [0.05, 0.1) is 0 Å². The molecule has 2 unspecified atom stereocenters. The minimum absolute atomic E-state index is 0.106. The van der Waals surface area contributed by atoms with Crippen LogP contribution < -0.4 is 5.73 Å². The number of nitrogens with zero attached hydrogens (tertiary/aromatic N) is 3. The van der Waals surface area contributed by atoms with E-state index in [1.54, 1.807) is 23.1 Å². The fourth-order valence-electron chi connectivity index (χ4n) is 2.13. The van der Waals surface area contributed by atoms with E-state index in [2.05, 4.69) is 10.2 Å². The molecule has 2 fully saturated rings. The highest BCUT2D eigenvalue weighted by atomic mass is 32.2. The standard InChI is InChI=1S/C10H14N4OS3/c1-5-12-13-10(18-5)17-4-6-2-14-8(15)7(11)9(14)16-3-6/h6-7,9H,2-4,11H2,1H3/t6?,7?,9-/m0/s1. The molecule has 0 radical (unpaired) electrons. The molecule has 3 atom stereocenters. The van der Waals surface area contributed by atoms with Crippen LogP contribution in [0.5, 0.6) is 0 Å². The Bertz CT molecular complexity index is 466. The van der Waals surface area contributed by atoms with Gasteiger partial charge in [-0.1, -0.05) is 23.1 Å². The first-order valence-corrected chi connectivity index (χ1v) is 8.61.